The molecule has 106 valence electrons. The number of nitrogen functional groups attached to an aromatic ring is 1. The summed E-state index contributed by atoms with van der Waals surface area (Å²) in [4.78, 5) is 1.49. The first-order valence-corrected chi connectivity index (χ1v) is 6.50. The van der Waals surface area contributed by atoms with Crippen molar-refractivity contribution in [3.05, 3.63) is 29.3 Å². The number of aryl methyl sites for hydroxylation is 1. The molecule has 1 aromatic rings. The van der Waals surface area contributed by atoms with Crippen molar-refractivity contribution in [1.82, 2.24) is 4.90 Å². The van der Waals surface area contributed by atoms with Crippen molar-refractivity contribution in [3.63, 3.8) is 0 Å². The van der Waals surface area contributed by atoms with Crippen LogP contribution in [0.15, 0.2) is 18.2 Å². The van der Waals surface area contributed by atoms with Crippen LogP contribution < -0.4 is 5.73 Å². The van der Waals surface area contributed by atoms with Crippen LogP contribution in [0.3, 0.4) is 0 Å². The van der Waals surface area contributed by atoms with E-state index in [0.717, 1.165) is 24.1 Å². The largest absolute Gasteiger partial charge is 0.401 e. The van der Waals surface area contributed by atoms with Crippen LogP contribution in [0.2, 0.25) is 0 Å². The number of hydrogen-bond acceptors (Lipinski definition) is 2. The van der Waals surface area contributed by atoms with E-state index in [2.05, 4.69) is 6.07 Å². The number of nitrogens with two attached hydrogens (primary N) is 1. The van der Waals surface area contributed by atoms with Crippen LogP contribution >= 0.6 is 0 Å². The van der Waals surface area contributed by atoms with Gasteiger partial charge in [-0.2, -0.15) is 13.2 Å². The molecular formula is C14H19F3N2. The highest BCUT2D eigenvalue weighted by Gasteiger charge is 2.32. The first-order valence-electron chi connectivity index (χ1n) is 6.50. The van der Waals surface area contributed by atoms with Crippen molar-refractivity contribution in [2.24, 2.45) is 0 Å². The average Bonchev–Trinajstić information content (AvgIpc) is 2.32. The highest BCUT2D eigenvalue weighted by molar-refractivity contribution is 5.48. The van der Waals surface area contributed by atoms with Gasteiger partial charge in [0.2, 0.25) is 0 Å². The fourth-order valence-electron chi connectivity index (χ4n) is 2.63. The lowest BCUT2D eigenvalue weighted by Gasteiger charge is -2.32. The number of alkyl halides is 3. The minimum absolute atomic E-state index is 0.351. The quantitative estimate of drug-likeness (QED) is 0.837. The molecule has 1 aliphatic rings. The first kappa shape index (κ1) is 14.2. The predicted octanol–water partition coefficient (Wildman–Crippen LogP) is 3.32. The summed E-state index contributed by atoms with van der Waals surface area (Å²) in [5.74, 6) is 0.351. The van der Waals surface area contributed by atoms with Gasteiger partial charge >= 0.3 is 6.18 Å². The molecular weight excluding hydrogens is 253 g/mol. The molecule has 2 nitrogen and oxygen atoms in total. The van der Waals surface area contributed by atoms with Gasteiger partial charge in [0, 0.05) is 5.69 Å². The maximum absolute atomic E-state index is 12.3. The number of piperidine rings is 1. The minimum Gasteiger partial charge on any atom is -0.399 e. The zero-order valence-electron chi connectivity index (χ0n) is 11.0. The third-order valence-corrected chi connectivity index (χ3v) is 3.76. The summed E-state index contributed by atoms with van der Waals surface area (Å²) >= 11 is 0. The third-order valence-electron chi connectivity index (χ3n) is 3.76. The van der Waals surface area contributed by atoms with E-state index in [4.69, 9.17) is 5.73 Å². The first-order chi connectivity index (χ1) is 8.85. The second-order valence-electron chi connectivity index (χ2n) is 5.28. The van der Waals surface area contributed by atoms with Crippen LogP contribution in [0.4, 0.5) is 18.9 Å². The van der Waals surface area contributed by atoms with Crippen LogP contribution in [0.1, 0.15) is 29.9 Å². The topological polar surface area (TPSA) is 29.3 Å². The average molecular weight is 272 g/mol. The van der Waals surface area contributed by atoms with Gasteiger partial charge in [0.25, 0.3) is 0 Å². The number of rotatable bonds is 2. The van der Waals surface area contributed by atoms with Crippen LogP contribution in [0, 0.1) is 6.92 Å². The van der Waals surface area contributed by atoms with Crippen molar-refractivity contribution in [3.8, 4) is 0 Å². The molecule has 1 aliphatic heterocycles. The summed E-state index contributed by atoms with van der Waals surface area (Å²) < 4.78 is 36.9. The zero-order valence-corrected chi connectivity index (χ0v) is 11.0. The fourth-order valence-corrected chi connectivity index (χ4v) is 2.63. The lowest BCUT2D eigenvalue weighted by Crippen LogP contribution is -2.39. The monoisotopic (exact) mass is 272 g/mol. The Kier molecular flexibility index (Phi) is 4.04. The molecule has 0 bridgehead atoms. The van der Waals surface area contributed by atoms with E-state index in [0.29, 0.717) is 19.0 Å². The molecule has 0 aliphatic carbocycles. The van der Waals surface area contributed by atoms with Crippen molar-refractivity contribution in [2.75, 3.05) is 25.4 Å². The summed E-state index contributed by atoms with van der Waals surface area (Å²) in [6.45, 7) is 2.18. The molecule has 1 heterocycles. The van der Waals surface area contributed by atoms with Crippen molar-refractivity contribution in [1.29, 1.82) is 0 Å². The molecule has 0 spiro atoms. The molecule has 1 saturated heterocycles. The molecule has 0 radical (unpaired) electrons. The molecule has 0 saturated carbocycles. The number of halogens is 3. The molecule has 0 atom stereocenters. The zero-order chi connectivity index (χ0) is 14.0. The Morgan fingerprint density at radius 3 is 2.42 bits per heavy atom. The molecule has 1 fully saturated rings. The Balaban J connectivity index is 1.94. The smallest absolute Gasteiger partial charge is 0.399 e. The van der Waals surface area contributed by atoms with E-state index in [1.54, 1.807) is 0 Å². The molecule has 2 rings (SSSR count). The van der Waals surface area contributed by atoms with Gasteiger partial charge in [0.1, 0.15) is 0 Å². The summed E-state index contributed by atoms with van der Waals surface area (Å²) in [6.07, 6.45) is -2.54. The van der Waals surface area contributed by atoms with Crippen molar-refractivity contribution in [2.45, 2.75) is 31.9 Å². The SMILES string of the molecule is Cc1cc(C2CCN(CC(F)(F)F)CC2)ccc1N. The highest BCUT2D eigenvalue weighted by Crippen LogP contribution is 2.30. The van der Waals surface area contributed by atoms with E-state index in [-0.39, 0.29) is 0 Å². The molecule has 0 unspecified atom stereocenters. The van der Waals surface area contributed by atoms with Crippen LogP contribution in [0.5, 0.6) is 0 Å². The number of benzene rings is 1. The molecule has 5 heteroatoms. The Morgan fingerprint density at radius 1 is 1.26 bits per heavy atom. The van der Waals surface area contributed by atoms with Gasteiger partial charge < -0.3 is 5.73 Å². The molecule has 0 amide bonds. The van der Waals surface area contributed by atoms with Crippen LogP contribution in [0.25, 0.3) is 0 Å². The van der Waals surface area contributed by atoms with Gasteiger partial charge in [0.15, 0.2) is 0 Å². The number of likely N-dealkylation sites (tertiary alicyclic amines) is 1. The molecule has 19 heavy (non-hydrogen) atoms. The molecule has 0 aromatic heterocycles. The van der Waals surface area contributed by atoms with E-state index in [9.17, 15) is 13.2 Å². The number of anilines is 1. The summed E-state index contributed by atoms with van der Waals surface area (Å²) in [6, 6.07) is 5.93. The van der Waals surface area contributed by atoms with E-state index < -0.39 is 12.7 Å². The van der Waals surface area contributed by atoms with Gasteiger partial charge in [-0.25, -0.2) is 0 Å². The predicted molar refractivity (Wildman–Crippen MR) is 70.1 cm³/mol. The standard InChI is InChI=1S/C14H19F3N2/c1-10-8-12(2-3-13(10)18)11-4-6-19(7-5-11)9-14(15,16)17/h2-3,8,11H,4-7,9,18H2,1H3. The minimum atomic E-state index is -4.09. The maximum Gasteiger partial charge on any atom is 0.401 e. The van der Waals surface area contributed by atoms with Crippen molar-refractivity contribution < 1.29 is 13.2 Å². The Bertz CT molecular complexity index is 435. The highest BCUT2D eigenvalue weighted by atomic mass is 19.4. The van der Waals surface area contributed by atoms with Crippen LogP contribution in [-0.2, 0) is 0 Å². The van der Waals surface area contributed by atoms with Gasteiger partial charge in [0.05, 0.1) is 6.54 Å². The Labute approximate surface area is 111 Å². The normalized spacial score (nSPS) is 18.7. The van der Waals surface area contributed by atoms with Crippen LogP contribution in [-0.4, -0.2) is 30.7 Å². The second-order valence-corrected chi connectivity index (χ2v) is 5.28. The van der Waals surface area contributed by atoms with Gasteiger partial charge in [-0.05, 0) is 56.0 Å². The molecule has 2 N–H and O–H groups in total. The Morgan fingerprint density at radius 2 is 1.89 bits per heavy atom. The van der Waals surface area contributed by atoms with Gasteiger partial charge in [-0.1, -0.05) is 12.1 Å². The summed E-state index contributed by atoms with van der Waals surface area (Å²) in [7, 11) is 0. The summed E-state index contributed by atoms with van der Waals surface area (Å²) in [5, 5.41) is 0. The van der Waals surface area contributed by atoms with E-state index in [1.807, 2.05) is 19.1 Å². The molecule has 1 aromatic carbocycles. The van der Waals surface area contributed by atoms with E-state index in [1.165, 1.54) is 10.5 Å². The number of nitrogens with zero attached hydrogens (tertiary/aromatic N) is 1. The number of hydrogen-bond donors (Lipinski definition) is 1. The lowest BCUT2D eigenvalue weighted by atomic mass is 9.88. The van der Waals surface area contributed by atoms with Crippen molar-refractivity contribution >= 4 is 5.69 Å². The third kappa shape index (κ3) is 3.86. The second kappa shape index (κ2) is 5.41. The fraction of sp³-hybridized carbons (Fsp3) is 0.571. The van der Waals surface area contributed by atoms with E-state index >= 15 is 0 Å². The lowest BCUT2D eigenvalue weighted by molar-refractivity contribution is -0.147. The van der Waals surface area contributed by atoms with Gasteiger partial charge in [-0.3, -0.25) is 4.90 Å². The summed E-state index contributed by atoms with van der Waals surface area (Å²) in [5.41, 5.74) is 8.77. The Hall–Kier alpha value is -1.23. The maximum atomic E-state index is 12.3. The van der Waals surface area contributed by atoms with Gasteiger partial charge in [-0.15, -0.1) is 0 Å².